The Morgan fingerprint density at radius 1 is 1.25 bits per heavy atom. The van der Waals surface area contributed by atoms with Gasteiger partial charge in [0.05, 0.1) is 7.11 Å². The van der Waals surface area contributed by atoms with Crippen molar-refractivity contribution in [2.75, 3.05) is 20.7 Å². The topological polar surface area (TPSA) is 84.6 Å². The van der Waals surface area contributed by atoms with Crippen molar-refractivity contribution in [3.05, 3.63) is 41.5 Å². The summed E-state index contributed by atoms with van der Waals surface area (Å²) in [6, 6.07) is 7.94. The van der Waals surface area contributed by atoms with Gasteiger partial charge >= 0.3 is 0 Å². The van der Waals surface area contributed by atoms with Gasteiger partial charge in [-0.1, -0.05) is 17.3 Å². The molecular formula is C16H24IN5O2. The zero-order chi connectivity index (χ0) is 16.5. The molecule has 7 nitrogen and oxygen atoms in total. The van der Waals surface area contributed by atoms with E-state index in [-0.39, 0.29) is 24.0 Å². The fourth-order valence-electron chi connectivity index (χ4n) is 2.04. The molecule has 0 aliphatic heterocycles. The van der Waals surface area contributed by atoms with Gasteiger partial charge in [0.2, 0.25) is 5.89 Å². The first-order valence-electron chi connectivity index (χ1n) is 7.58. The third kappa shape index (κ3) is 6.73. The van der Waals surface area contributed by atoms with Gasteiger partial charge in [0.15, 0.2) is 11.8 Å². The van der Waals surface area contributed by atoms with E-state index in [1.807, 2.05) is 31.2 Å². The van der Waals surface area contributed by atoms with E-state index in [0.717, 1.165) is 36.7 Å². The number of aliphatic imine (C=N–C) groups is 1. The highest BCUT2D eigenvalue weighted by atomic mass is 127. The van der Waals surface area contributed by atoms with Crippen molar-refractivity contribution in [2.24, 2.45) is 4.99 Å². The van der Waals surface area contributed by atoms with Crippen LogP contribution in [0.3, 0.4) is 0 Å². The second-order valence-electron chi connectivity index (χ2n) is 5.04. The van der Waals surface area contributed by atoms with Crippen LogP contribution in [-0.4, -0.2) is 36.8 Å². The predicted octanol–water partition coefficient (Wildman–Crippen LogP) is 2.30. The number of halogens is 1. The van der Waals surface area contributed by atoms with Crippen molar-refractivity contribution < 1.29 is 9.26 Å². The average Bonchev–Trinajstić information content (AvgIpc) is 3.00. The monoisotopic (exact) mass is 445 g/mol. The van der Waals surface area contributed by atoms with Gasteiger partial charge in [-0.25, -0.2) is 0 Å². The molecular weight excluding hydrogens is 421 g/mol. The van der Waals surface area contributed by atoms with Crippen LogP contribution >= 0.6 is 24.0 Å². The number of rotatable bonds is 7. The van der Waals surface area contributed by atoms with Gasteiger partial charge in [0.25, 0.3) is 0 Å². The van der Waals surface area contributed by atoms with Gasteiger partial charge < -0.3 is 19.9 Å². The first-order valence-corrected chi connectivity index (χ1v) is 7.58. The molecule has 132 valence electrons. The Morgan fingerprint density at radius 3 is 2.58 bits per heavy atom. The Bertz CT molecular complexity index is 628. The fraction of sp³-hybridized carbons (Fsp3) is 0.438. The second-order valence-corrected chi connectivity index (χ2v) is 5.04. The quantitative estimate of drug-likeness (QED) is 0.295. The zero-order valence-electron chi connectivity index (χ0n) is 14.2. The number of aryl methyl sites for hydroxylation is 2. The molecule has 8 heteroatoms. The Labute approximate surface area is 159 Å². The van der Waals surface area contributed by atoms with Gasteiger partial charge in [-0.3, -0.25) is 4.99 Å². The predicted molar refractivity (Wildman–Crippen MR) is 104 cm³/mol. The molecule has 2 N–H and O–H groups in total. The van der Waals surface area contributed by atoms with Crippen LogP contribution in [0, 0.1) is 6.92 Å². The molecule has 2 aromatic rings. The minimum Gasteiger partial charge on any atom is -0.497 e. The van der Waals surface area contributed by atoms with E-state index in [9.17, 15) is 0 Å². The number of benzene rings is 1. The van der Waals surface area contributed by atoms with E-state index in [4.69, 9.17) is 9.26 Å². The number of ether oxygens (including phenoxy) is 1. The highest BCUT2D eigenvalue weighted by molar-refractivity contribution is 14.0. The van der Waals surface area contributed by atoms with Crippen molar-refractivity contribution in [3.8, 4) is 5.75 Å². The minimum atomic E-state index is 0. The lowest BCUT2D eigenvalue weighted by atomic mass is 10.2. The summed E-state index contributed by atoms with van der Waals surface area (Å²) in [6.45, 7) is 3.30. The standard InChI is InChI=1S/C16H23N5O2.HI/c1-12-20-15(23-21-12)5-4-10-18-16(17-2)19-11-13-6-8-14(22-3)9-7-13;/h6-9H,4-5,10-11H2,1-3H3,(H2,17,18,19);1H. The number of hydrogen-bond donors (Lipinski definition) is 2. The van der Waals surface area contributed by atoms with Crippen LogP contribution in [0.4, 0.5) is 0 Å². The highest BCUT2D eigenvalue weighted by Crippen LogP contribution is 2.10. The zero-order valence-corrected chi connectivity index (χ0v) is 16.5. The molecule has 1 aromatic heterocycles. The van der Waals surface area contributed by atoms with Crippen molar-refractivity contribution in [2.45, 2.75) is 26.3 Å². The summed E-state index contributed by atoms with van der Waals surface area (Å²) >= 11 is 0. The number of nitrogens with zero attached hydrogens (tertiary/aromatic N) is 3. The maximum Gasteiger partial charge on any atom is 0.226 e. The van der Waals surface area contributed by atoms with E-state index >= 15 is 0 Å². The molecule has 0 aliphatic rings. The normalized spacial score (nSPS) is 10.9. The molecule has 0 atom stereocenters. The number of aromatic nitrogens is 2. The van der Waals surface area contributed by atoms with Crippen LogP contribution in [-0.2, 0) is 13.0 Å². The van der Waals surface area contributed by atoms with E-state index in [2.05, 4.69) is 25.8 Å². The van der Waals surface area contributed by atoms with E-state index in [0.29, 0.717) is 18.3 Å². The van der Waals surface area contributed by atoms with E-state index < -0.39 is 0 Å². The first kappa shape index (κ1) is 20.2. The SMILES string of the molecule is CN=C(NCCCc1nc(C)no1)NCc1ccc(OC)cc1.I. The van der Waals surface area contributed by atoms with E-state index in [1.165, 1.54) is 0 Å². The van der Waals surface area contributed by atoms with Crippen LogP contribution in [0.15, 0.2) is 33.8 Å². The van der Waals surface area contributed by atoms with Gasteiger partial charge in [0.1, 0.15) is 5.75 Å². The maximum atomic E-state index is 5.15. The summed E-state index contributed by atoms with van der Waals surface area (Å²) in [7, 11) is 3.42. The van der Waals surface area contributed by atoms with Crippen LogP contribution in [0.25, 0.3) is 0 Å². The maximum absolute atomic E-state index is 5.15. The molecule has 0 saturated heterocycles. The molecule has 0 fully saturated rings. The lowest BCUT2D eigenvalue weighted by Gasteiger charge is -2.11. The Balaban J connectivity index is 0.00000288. The molecule has 0 spiro atoms. The Kier molecular flexibility index (Phi) is 9.13. The molecule has 0 radical (unpaired) electrons. The summed E-state index contributed by atoms with van der Waals surface area (Å²) < 4.78 is 10.2. The molecule has 0 bridgehead atoms. The van der Waals surface area contributed by atoms with E-state index in [1.54, 1.807) is 14.2 Å². The summed E-state index contributed by atoms with van der Waals surface area (Å²) in [6.07, 6.45) is 1.65. The molecule has 0 saturated carbocycles. The van der Waals surface area contributed by atoms with Crippen LogP contribution < -0.4 is 15.4 Å². The highest BCUT2D eigenvalue weighted by Gasteiger charge is 2.03. The summed E-state index contributed by atoms with van der Waals surface area (Å²) in [5, 5.41) is 10.3. The second kappa shape index (κ2) is 10.8. The van der Waals surface area contributed by atoms with Crippen molar-refractivity contribution >= 4 is 29.9 Å². The third-order valence-electron chi connectivity index (χ3n) is 3.27. The lowest BCUT2D eigenvalue weighted by molar-refractivity contribution is 0.372. The first-order chi connectivity index (χ1) is 11.2. The average molecular weight is 445 g/mol. The Hall–Kier alpha value is -1.84. The van der Waals surface area contributed by atoms with Crippen LogP contribution in [0.1, 0.15) is 23.7 Å². The van der Waals surface area contributed by atoms with Gasteiger partial charge in [-0.05, 0) is 31.0 Å². The Morgan fingerprint density at radius 2 is 2.00 bits per heavy atom. The largest absolute Gasteiger partial charge is 0.497 e. The summed E-state index contributed by atoms with van der Waals surface area (Å²) in [5.41, 5.74) is 1.16. The fourth-order valence-corrected chi connectivity index (χ4v) is 2.04. The number of nitrogens with one attached hydrogen (secondary N) is 2. The lowest BCUT2D eigenvalue weighted by Crippen LogP contribution is -2.37. The molecule has 0 unspecified atom stereocenters. The van der Waals surface area contributed by atoms with Gasteiger partial charge in [-0.2, -0.15) is 4.98 Å². The number of guanidine groups is 1. The minimum absolute atomic E-state index is 0. The van der Waals surface area contributed by atoms with Crippen LogP contribution in [0.2, 0.25) is 0 Å². The van der Waals surface area contributed by atoms with Crippen molar-refractivity contribution in [1.29, 1.82) is 0 Å². The molecule has 0 aliphatic carbocycles. The van der Waals surface area contributed by atoms with Crippen LogP contribution in [0.5, 0.6) is 5.75 Å². The summed E-state index contributed by atoms with van der Waals surface area (Å²) in [4.78, 5) is 8.38. The molecule has 2 rings (SSSR count). The van der Waals surface area contributed by atoms with Gasteiger partial charge in [-0.15, -0.1) is 24.0 Å². The molecule has 0 amide bonds. The number of hydrogen-bond acceptors (Lipinski definition) is 5. The third-order valence-corrected chi connectivity index (χ3v) is 3.27. The van der Waals surface area contributed by atoms with Gasteiger partial charge in [0, 0.05) is 26.6 Å². The smallest absolute Gasteiger partial charge is 0.226 e. The molecule has 24 heavy (non-hydrogen) atoms. The van der Waals surface area contributed by atoms with Crippen molar-refractivity contribution in [3.63, 3.8) is 0 Å². The summed E-state index contributed by atoms with van der Waals surface area (Å²) in [5.74, 6) is 2.96. The molecule has 1 heterocycles. The number of methoxy groups -OCH3 is 1. The van der Waals surface area contributed by atoms with Crippen molar-refractivity contribution in [1.82, 2.24) is 20.8 Å². The molecule has 1 aromatic carbocycles.